The van der Waals surface area contributed by atoms with Crippen LogP contribution in [0, 0.1) is 10.8 Å². The summed E-state index contributed by atoms with van der Waals surface area (Å²) in [5.41, 5.74) is 1.68. The molecule has 1 aromatic carbocycles. The van der Waals surface area contributed by atoms with E-state index in [9.17, 15) is 14.4 Å². The second-order valence-corrected chi connectivity index (χ2v) is 12.4. The van der Waals surface area contributed by atoms with Gasteiger partial charge in [0.25, 0.3) is 5.91 Å². The SMILES string of the molecule is CC(C)N(CC(=O)Nc1nc(CC(=O)N2CC3(C)CC2CC(C)(C)C3)cs1)C(=O)c1ccccc1. The zero-order chi connectivity index (χ0) is 25.4. The van der Waals surface area contributed by atoms with Crippen LogP contribution >= 0.6 is 11.3 Å². The number of hydrogen-bond donors (Lipinski definition) is 1. The zero-order valence-corrected chi connectivity index (χ0v) is 22.2. The smallest absolute Gasteiger partial charge is 0.254 e. The molecule has 1 aliphatic carbocycles. The molecule has 1 aliphatic heterocycles. The molecular weight excluding hydrogens is 460 g/mol. The lowest BCUT2D eigenvalue weighted by atomic mass is 9.65. The monoisotopic (exact) mass is 496 g/mol. The van der Waals surface area contributed by atoms with E-state index in [4.69, 9.17) is 0 Å². The van der Waals surface area contributed by atoms with Crippen LogP contribution in [0.3, 0.4) is 0 Å². The van der Waals surface area contributed by atoms with Crippen LogP contribution in [0.5, 0.6) is 0 Å². The Labute approximate surface area is 211 Å². The lowest BCUT2D eigenvalue weighted by Gasteiger charge is -2.39. The maximum absolute atomic E-state index is 13.1. The number of amides is 3. The van der Waals surface area contributed by atoms with E-state index < -0.39 is 0 Å². The van der Waals surface area contributed by atoms with E-state index in [0.717, 1.165) is 25.8 Å². The molecule has 1 saturated carbocycles. The number of anilines is 1. The Morgan fingerprint density at radius 2 is 1.89 bits per heavy atom. The molecule has 2 aliphatic rings. The van der Waals surface area contributed by atoms with Crippen LogP contribution in [0.1, 0.15) is 69.9 Å². The highest BCUT2D eigenvalue weighted by molar-refractivity contribution is 7.13. The van der Waals surface area contributed by atoms with Gasteiger partial charge in [-0.3, -0.25) is 14.4 Å². The number of fused-ring (bicyclic) bond motifs is 2. The molecule has 8 heteroatoms. The Kier molecular flexibility index (Phi) is 7.04. The van der Waals surface area contributed by atoms with Gasteiger partial charge >= 0.3 is 0 Å². The van der Waals surface area contributed by atoms with Gasteiger partial charge < -0.3 is 15.1 Å². The number of nitrogens with one attached hydrogen (secondary N) is 1. The van der Waals surface area contributed by atoms with Crippen molar-refractivity contribution in [1.29, 1.82) is 0 Å². The molecule has 0 radical (unpaired) electrons. The van der Waals surface area contributed by atoms with Crippen molar-refractivity contribution in [2.45, 2.75) is 72.4 Å². The minimum Gasteiger partial charge on any atom is -0.339 e. The standard InChI is InChI=1S/C27H36N4O3S/c1-18(2)30(24(34)19-9-7-6-8-10-19)14-22(32)29-25-28-20(15-35-25)11-23(33)31-17-27(5)13-21(31)12-26(3,4)16-27/h6-10,15,18,21H,11-14,16-17H2,1-5H3,(H,28,29,32). The highest BCUT2D eigenvalue weighted by Gasteiger charge is 2.50. The second-order valence-electron chi connectivity index (χ2n) is 11.5. The molecule has 2 heterocycles. The average molecular weight is 497 g/mol. The van der Waals surface area contributed by atoms with Gasteiger partial charge in [0.15, 0.2) is 5.13 Å². The highest BCUT2D eigenvalue weighted by Crippen LogP contribution is 2.52. The van der Waals surface area contributed by atoms with Crippen molar-refractivity contribution in [3.63, 3.8) is 0 Å². The predicted molar refractivity (Wildman–Crippen MR) is 138 cm³/mol. The van der Waals surface area contributed by atoms with Gasteiger partial charge in [-0.2, -0.15) is 0 Å². The van der Waals surface area contributed by atoms with Crippen LogP contribution in [-0.2, 0) is 16.0 Å². The summed E-state index contributed by atoms with van der Waals surface area (Å²) in [6.45, 7) is 11.4. The number of thiazole rings is 1. The first-order valence-corrected chi connectivity index (χ1v) is 13.2. The van der Waals surface area contributed by atoms with E-state index in [2.05, 4.69) is 36.0 Å². The molecule has 35 heavy (non-hydrogen) atoms. The molecule has 2 unspecified atom stereocenters. The first-order valence-electron chi connectivity index (χ1n) is 12.3. The fourth-order valence-corrected chi connectivity index (χ4v) is 6.73. The molecule has 2 atom stereocenters. The van der Waals surface area contributed by atoms with Crippen LogP contribution < -0.4 is 5.32 Å². The van der Waals surface area contributed by atoms with Crippen molar-refractivity contribution in [1.82, 2.24) is 14.8 Å². The minimum absolute atomic E-state index is 0.0664. The van der Waals surface area contributed by atoms with E-state index >= 15 is 0 Å². The molecule has 0 spiro atoms. The quantitative estimate of drug-likeness (QED) is 0.607. The Morgan fingerprint density at radius 3 is 2.57 bits per heavy atom. The molecule has 188 valence electrons. The van der Waals surface area contributed by atoms with Crippen molar-refractivity contribution < 1.29 is 14.4 Å². The second kappa shape index (κ2) is 9.72. The Morgan fingerprint density at radius 1 is 1.17 bits per heavy atom. The molecule has 1 saturated heterocycles. The summed E-state index contributed by atoms with van der Waals surface area (Å²) in [7, 11) is 0. The molecule has 1 N–H and O–H groups in total. The van der Waals surface area contributed by atoms with Crippen LogP contribution in [0.15, 0.2) is 35.7 Å². The van der Waals surface area contributed by atoms with Gasteiger partial charge in [0.2, 0.25) is 11.8 Å². The van der Waals surface area contributed by atoms with Crippen molar-refractivity contribution in [2.24, 2.45) is 10.8 Å². The van der Waals surface area contributed by atoms with E-state index in [1.54, 1.807) is 24.3 Å². The van der Waals surface area contributed by atoms with Gasteiger partial charge in [-0.1, -0.05) is 39.0 Å². The van der Waals surface area contributed by atoms with Gasteiger partial charge in [0.1, 0.15) is 6.54 Å². The molecule has 1 aromatic heterocycles. The highest BCUT2D eigenvalue weighted by atomic mass is 32.1. The number of hydrogen-bond acceptors (Lipinski definition) is 5. The van der Waals surface area contributed by atoms with Gasteiger partial charge in [-0.25, -0.2) is 4.98 Å². The summed E-state index contributed by atoms with van der Waals surface area (Å²) in [5, 5.41) is 5.08. The largest absolute Gasteiger partial charge is 0.339 e. The molecule has 2 aromatic rings. The number of aromatic nitrogens is 1. The lowest BCUT2D eigenvalue weighted by Crippen LogP contribution is -2.42. The maximum Gasteiger partial charge on any atom is 0.254 e. The fourth-order valence-electron chi connectivity index (χ4n) is 6.00. The first kappa shape index (κ1) is 25.4. The van der Waals surface area contributed by atoms with Crippen LogP contribution in [0.25, 0.3) is 0 Å². The van der Waals surface area contributed by atoms with Crippen molar-refractivity contribution in [3.05, 3.63) is 47.0 Å². The Hall–Kier alpha value is -2.74. The Bertz CT molecular complexity index is 1100. The van der Waals surface area contributed by atoms with E-state index in [0.29, 0.717) is 22.4 Å². The first-order chi connectivity index (χ1) is 16.4. The molecular formula is C27H36N4O3S. The summed E-state index contributed by atoms with van der Waals surface area (Å²) in [6.07, 6.45) is 3.51. The third kappa shape index (κ3) is 5.92. The van der Waals surface area contributed by atoms with Gasteiger partial charge in [-0.05, 0) is 56.1 Å². The number of nitrogens with zero attached hydrogens (tertiary/aromatic N) is 3. The Balaban J connectivity index is 1.34. The predicted octanol–water partition coefficient (Wildman–Crippen LogP) is 4.60. The van der Waals surface area contributed by atoms with Crippen LogP contribution in [-0.4, -0.2) is 57.7 Å². The van der Waals surface area contributed by atoms with E-state index in [1.165, 1.54) is 16.2 Å². The summed E-state index contributed by atoms with van der Waals surface area (Å²) < 4.78 is 0. The van der Waals surface area contributed by atoms with Gasteiger partial charge in [0, 0.05) is 29.6 Å². The third-order valence-corrected chi connectivity index (χ3v) is 7.89. The van der Waals surface area contributed by atoms with Crippen LogP contribution in [0.4, 0.5) is 5.13 Å². The summed E-state index contributed by atoms with van der Waals surface area (Å²) in [4.78, 5) is 46.8. The third-order valence-electron chi connectivity index (χ3n) is 7.08. The normalized spacial score (nSPS) is 22.8. The number of rotatable bonds is 7. The number of likely N-dealkylation sites (tertiary alicyclic amines) is 1. The van der Waals surface area contributed by atoms with Crippen molar-refractivity contribution in [3.8, 4) is 0 Å². The fraction of sp³-hybridized carbons (Fsp3) is 0.556. The summed E-state index contributed by atoms with van der Waals surface area (Å²) >= 11 is 1.30. The van der Waals surface area contributed by atoms with Crippen molar-refractivity contribution in [2.75, 3.05) is 18.4 Å². The van der Waals surface area contributed by atoms with E-state index in [-0.39, 0.29) is 47.6 Å². The minimum atomic E-state index is -0.307. The summed E-state index contributed by atoms with van der Waals surface area (Å²) in [5.74, 6) is -0.383. The lowest BCUT2D eigenvalue weighted by molar-refractivity contribution is -0.131. The molecule has 2 fully saturated rings. The molecule has 2 bridgehead atoms. The van der Waals surface area contributed by atoms with Crippen LogP contribution in [0.2, 0.25) is 0 Å². The molecule has 4 rings (SSSR count). The number of benzene rings is 1. The molecule has 3 amide bonds. The zero-order valence-electron chi connectivity index (χ0n) is 21.3. The van der Waals surface area contributed by atoms with Crippen molar-refractivity contribution >= 4 is 34.2 Å². The number of carbonyl (C=O) groups is 3. The summed E-state index contributed by atoms with van der Waals surface area (Å²) in [6, 6.07) is 9.12. The van der Waals surface area contributed by atoms with Gasteiger partial charge in [-0.15, -0.1) is 11.3 Å². The molecule has 7 nitrogen and oxygen atoms in total. The average Bonchev–Trinajstić information content (AvgIpc) is 3.31. The van der Waals surface area contributed by atoms with E-state index in [1.807, 2.05) is 25.3 Å². The van der Waals surface area contributed by atoms with Gasteiger partial charge in [0.05, 0.1) is 12.1 Å². The number of carbonyl (C=O) groups excluding carboxylic acids is 3. The maximum atomic E-state index is 13.1. The topological polar surface area (TPSA) is 82.6 Å².